The highest BCUT2D eigenvalue weighted by Crippen LogP contribution is 2.24. The lowest BCUT2D eigenvalue weighted by Gasteiger charge is -2.16. The van der Waals surface area contributed by atoms with Crippen molar-refractivity contribution < 1.29 is 0 Å². The largest absolute Gasteiger partial charge is 0.312 e. The lowest BCUT2D eigenvalue weighted by Crippen LogP contribution is -2.20. The van der Waals surface area contributed by atoms with E-state index in [9.17, 15) is 0 Å². The normalized spacial score (nSPS) is 12.6. The Morgan fingerprint density at radius 2 is 2.11 bits per heavy atom. The molecule has 2 aromatic rings. The number of aromatic nitrogens is 4. The predicted octanol–water partition coefficient (Wildman–Crippen LogP) is 1.87. The number of rotatable bonds is 5. The predicted molar refractivity (Wildman–Crippen MR) is 73.1 cm³/mol. The van der Waals surface area contributed by atoms with E-state index in [1.807, 2.05) is 38.6 Å². The van der Waals surface area contributed by atoms with Crippen LogP contribution in [0.25, 0.3) is 0 Å². The Morgan fingerprint density at radius 1 is 1.39 bits per heavy atom. The first-order chi connectivity index (χ1) is 8.72. The Labute approximate surface area is 115 Å². The van der Waals surface area contributed by atoms with Crippen LogP contribution < -0.4 is 5.32 Å². The molecular formula is C12H16BrN5. The molecule has 0 aliphatic carbocycles. The summed E-state index contributed by atoms with van der Waals surface area (Å²) in [6.07, 6.45) is 5.63. The molecule has 2 aromatic heterocycles. The van der Waals surface area contributed by atoms with Crippen molar-refractivity contribution in [3.05, 3.63) is 40.4 Å². The van der Waals surface area contributed by atoms with Crippen LogP contribution in [0, 0.1) is 0 Å². The Morgan fingerprint density at radius 3 is 2.67 bits per heavy atom. The minimum absolute atomic E-state index is 0.229. The molecule has 1 unspecified atom stereocenters. The van der Waals surface area contributed by atoms with Gasteiger partial charge in [0.05, 0.1) is 11.7 Å². The van der Waals surface area contributed by atoms with Crippen LogP contribution in [-0.4, -0.2) is 27.0 Å². The number of hydrogen-bond donors (Lipinski definition) is 1. The fourth-order valence-corrected chi connectivity index (χ4v) is 2.59. The lowest BCUT2D eigenvalue weighted by atomic mass is 10.0. The van der Waals surface area contributed by atoms with Crippen LogP contribution >= 0.6 is 15.9 Å². The van der Waals surface area contributed by atoms with Gasteiger partial charge in [-0.2, -0.15) is 0 Å². The molecule has 5 nitrogen and oxygen atoms in total. The van der Waals surface area contributed by atoms with Crippen molar-refractivity contribution in [3.8, 4) is 0 Å². The topological polar surface area (TPSA) is 55.6 Å². The summed E-state index contributed by atoms with van der Waals surface area (Å²) in [6, 6.07) is 4.32. The molecule has 1 N–H and O–H groups in total. The van der Waals surface area contributed by atoms with Gasteiger partial charge in [-0.3, -0.25) is 4.98 Å². The molecule has 6 heteroatoms. The SMILES string of the molecule is CNC(CCc1ccncc1)c1c(Br)nnn1C. The second-order valence-electron chi connectivity index (χ2n) is 4.12. The molecule has 0 radical (unpaired) electrons. The second-order valence-corrected chi connectivity index (χ2v) is 4.88. The van der Waals surface area contributed by atoms with Crippen molar-refractivity contribution in [3.63, 3.8) is 0 Å². The van der Waals surface area contributed by atoms with Crippen LogP contribution in [0.3, 0.4) is 0 Å². The van der Waals surface area contributed by atoms with Gasteiger partial charge in [0.25, 0.3) is 0 Å². The van der Waals surface area contributed by atoms with E-state index in [0.29, 0.717) is 0 Å². The van der Waals surface area contributed by atoms with Gasteiger partial charge < -0.3 is 5.32 Å². The standard InChI is InChI=1S/C12H16BrN5/c1-14-10(11-12(13)16-17-18(11)2)4-3-9-5-7-15-8-6-9/h5-8,10,14H,3-4H2,1-2H3. The molecule has 2 heterocycles. The minimum atomic E-state index is 0.229. The van der Waals surface area contributed by atoms with E-state index >= 15 is 0 Å². The Kier molecular flexibility index (Phi) is 4.43. The van der Waals surface area contributed by atoms with Gasteiger partial charge in [0.1, 0.15) is 0 Å². The van der Waals surface area contributed by atoms with Crippen LogP contribution in [0.4, 0.5) is 0 Å². The van der Waals surface area contributed by atoms with Gasteiger partial charge >= 0.3 is 0 Å². The van der Waals surface area contributed by atoms with Gasteiger partial charge in [-0.1, -0.05) is 5.21 Å². The summed E-state index contributed by atoms with van der Waals surface area (Å²) in [5.41, 5.74) is 2.36. The Balaban J connectivity index is 2.07. The van der Waals surface area contributed by atoms with Gasteiger partial charge in [-0.05, 0) is 53.5 Å². The Bertz CT molecular complexity index is 477. The Hall–Kier alpha value is -1.27. The first-order valence-corrected chi connectivity index (χ1v) is 6.63. The molecule has 96 valence electrons. The zero-order valence-electron chi connectivity index (χ0n) is 10.5. The molecule has 0 fully saturated rings. The van der Waals surface area contributed by atoms with E-state index in [1.54, 1.807) is 4.68 Å². The van der Waals surface area contributed by atoms with E-state index in [0.717, 1.165) is 23.1 Å². The lowest BCUT2D eigenvalue weighted by molar-refractivity contribution is 0.503. The van der Waals surface area contributed by atoms with E-state index in [-0.39, 0.29) is 6.04 Å². The highest BCUT2D eigenvalue weighted by molar-refractivity contribution is 9.10. The molecule has 0 saturated heterocycles. The number of nitrogens with zero attached hydrogens (tertiary/aromatic N) is 4. The third-order valence-electron chi connectivity index (χ3n) is 2.98. The maximum Gasteiger partial charge on any atom is 0.153 e. The maximum atomic E-state index is 4.02. The van der Waals surface area contributed by atoms with Gasteiger partial charge in [0, 0.05) is 19.4 Å². The maximum absolute atomic E-state index is 4.02. The zero-order valence-corrected chi connectivity index (χ0v) is 12.1. The molecule has 0 spiro atoms. The van der Waals surface area contributed by atoms with Crippen molar-refractivity contribution in [1.82, 2.24) is 25.3 Å². The van der Waals surface area contributed by atoms with Crippen molar-refractivity contribution in [2.24, 2.45) is 7.05 Å². The van der Waals surface area contributed by atoms with Crippen LogP contribution in [-0.2, 0) is 13.5 Å². The van der Waals surface area contributed by atoms with Crippen molar-refractivity contribution >= 4 is 15.9 Å². The van der Waals surface area contributed by atoms with E-state index < -0.39 is 0 Å². The number of pyridine rings is 1. The van der Waals surface area contributed by atoms with Crippen LogP contribution in [0.1, 0.15) is 23.7 Å². The zero-order chi connectivity index (χ0) is 13.0. The molecule has 0 aromatic carbocycles. The summed E-state index contributed by atoms with van der Waals surface area (Å²) in [6.45, 7) is 0. The highest BCUT2D eigenvalue weighted by atomic mass is 79.9. The summed E-state index contributed by atoms with van der Waals surface area (Å²) < 4.78 is 2.61. The van der Waals surface area contributed by atoms with E-state index in [2.05, 4.69) is 36.5 Å². The summed E-state index contributed by atoms with van der Waals surface area (Å²) in [5.74, 6) is 0. The molecular weight excluding hydrogens is 294 g/mol. The molecule has 2 rings (SSSR count). The third kappa shape index (κ3) is 2.94. The van der Waals surface area contributed by atoms with Crippen molar-refractivity contribution in [1.29, 1.82) is 0 Å². The average molecular weight is 310 g/mol. The average Bonchev–Trinajstić information content (AvgIpc) is 2.73. The highest BCUT2D eigenvalue weighted by Gasteiger charge is 2.18. The minimum Gasteiger partial charge on any atom is -0.312 e. The fraction of sp³-hybridized carbons (Fsp3) is 0.417. The molecule has 18 heavy (non-hydrogen) atoms. The van der Waals surface area contributed by atoms with Gasteiger partial charge in [-0.25, -0.2) is 4.68 Å². The quantitative estimate of drug-likeness (QED) is 0.916. The van der Waals surface area contributed by atoms with Gasteiger partial charge in [-0.15, -0.1) is 5.10 Å². The first-order valence-electron chi connectivity index (χ1n) is 5.83. The van der Waals surface area contributed by atoms with Crippen molar-refractivity contribution in [2.75, 3.05) is 7.05 Å². The molecule has 0 bridgehead atoms. The number of hydrogen-bond acceptors (Lipinski definition) is 4. The smallest absolute Gasteiger partial charge is 0.153 e. The summed E-state index contributed by atoms with van der Waals surface area (Å²) in [4.78, 5) is 4.02. The number of aryl methyl sites for hydroxylation is 2. The molecule has 0 aliphatic rings. The molecule has 0 aliphatic heterocycles. The fourth-order valence-electron chi connectivity index (χ4n) is 1.99. The van der Waals surface area contributed by atoms with Crippen LogP contribution in [0.15, 0.2) is 29.1 Å². The monoisotopic (exact) mass is 309 g/mol. The van der Waals surface area contributed by atoms with Gasteiger partial charge in [0.15, 0.2) is 4.60 Å². The number of halogens is 1. The molecule has 1 atom stereocenters. The summed E-state index contributed by atoms with van der Waals surface area (Å²) >= 11 is 3.44. The molecule has 0 saturated carbocycles. The van der Waals surface area contributed by atoms with E-state index in [1.165, 1.54) is 5.56 Å². The summed E-state index contributed by atoms with van der Waals surface area (Å²) in [5, 5.41) is 11.3. The van der Waals surface area contributed by atoms with Gasteiger partial charge in [0.2, 0.25) is 0 Å². The first kappa shape index (κ1) is 13.2. The van der Waals surface area contributed by atoms with Crippen LogP contribution in [0.5, 0.6) is 0 Å². The third-order valence-corrected chi connectivity index (χ3v) is 3.54. The van der Waals surface area contributed by atoms with Crippen LogP contribution in [0.2, 0.25) is 0 Å². The molecule has 0 amide bonds. The van der Waals surface area contributed by atoms with E-state index in [4.69, 9.17) is 0 Å². The van der Waals surface area contributed by atoms with Crippen molar-refractivity contribution in [2.45, 2.75) is 18.9 Å². The summed E-state index contributed by atoms with van der Waals surface area (Å²) in [7, 11) is 3.86. The second kappa shape index (κ2) is 6.06. The number of nitrogens with one attached hydrogen (secondary N) is 1.